The van der Waals surface area contributed by atoms with Crippen LogP contribution in [-0.4, -0.2) is 27.9 Å². The summed E-state index contributed by atoms with van der Waals surface area (Å²) in [5.74, 6) is 0. The van der Waals surface area contributed by atoms with Gasteiger partial charge < -0.3 is 0 Å². The third kappa shape index (κ3) is 7.77. The van der Waals surface area contributed by atoms with Gasteiger partial charge in [0.25, 0.3) is 0 Å². The number of alkyl halides is 6. The fourth-order valence-electron chi connectivity index (χ4n) is 1.41. The Morgan fingerprint density at radius 1 is 0.667 bits per heavy atom. The number of hydrogen-bond acceptors (Lipinski definition) is 6. The van der Waals surface area contributed by atoms with Crippen molar-refractivity contribution in [2.45, 2.75) is 11.0 Å². The fraction of sp³-hybridized carbons (Fsp3) is 0.143. The van der Waals surface area contributed by atoms with E-state index in [0.717, 1.165) is 0 Å². The summed E-state index contributed by atoms with van der Waals surface area (Å²) in [7, 11) is -11.0. The average Bonchev–Trinajstić information content (AvgIpc) is 2.66. The average molecular weight is 706 g/mol. The number of rotatable bonds is 5. The van der Waals surface area contributed by atoms with E-state index < -0.39 is 51.5 Å². The summed E-state index contributed by atoms with van der Waals surface area (Å²) in [6.45, 7) is 0. The molecular weight excluding hydrogens is 696 g/mol. The Bertz CT molecular complexity index is 973. The molecule has 2 aromatic carbocycles. The summed E-state index contributed by atoms with van der Waals surface area (Å²) in [5.41, 5.74) is -10.7. The molecule has 6 nitrogen and oxygen atoms in total. The molecule has 0 fully saturated rings. The summed E-state index contributed by atoms with van der Waals surface area (Å²) >= 11 is -2.54. The first-order valence-corrected chi connectivity index (χ1v) is 13.8. The molecule has 0 aliphatic rings. The topological polar surface area (TPSA) is 86.7 Å². The maximum atomic E-state index is 12.5. The van der Waals surface area contributed by atoms with Gasteiger partial charge in [0.2, 0.25) is 0 Å². The van der Waals surface area contributed by atoms with Crippen molar-refractivity contribution in [2.24, 2.45) is 0 Å². The number of hydrogen-bond donors (Lipinski definition) is 0. The van der Waals surface area contributed by atoms with E-state index in [1.165, 1.54) is 0 Å². The van der Waals surface area contributed by atoms with Gasteiger partial charge in [-0.3, -0.25) is 0 Å². The van der Waals surface area contributed by atoms with E-state index in [1.54, 1.807) is 60.7 Å². The quantitative estimate of drug-likeness (QED) is 0.241. The number of benzene rings is 2. The first-order valence-electron chi connectivity index (χ1n) is 7.05. The first-order chi connectivity index (χ1) is 13.6. The smallest absolute Gasteiger partial charge is 0.192 e. The van der Waals surface area contributed by atoms with Gasteiger partial charge in [-0.25, -0.2) is 0 Å². The zero-order chi connectivity index (χ0) is 23.2. The molecular formula is C14H10F6I2O6S2. The molecule has 0 saturated heterocycles. The van der Waals surface area contributed by atoms with Crippen molar-refractivity contribution in [1.29, 1.82) is 0 Å². The van der Waals surface area contributed by atoms with Crippen molar-refractivity contribution >= 4 is 63.5 Å². The van der Waals surface area contributed by atoms with Crippen LogP contribution in [0.15, 0.2) is 60.7 Å². The minimum absolute atomic E-state index is 0.473. The van der Waals surface area contributed by atoms with Crippen LogP contribution >= 0.6 is 43.2 Å². The molecule has 0 aromatic heterocycles. The third-order valence-electron chi connectivity index (χ3n) is 2.66. The third-order valence-corrected chi connectivity index (χ3v) is 11.9. The van der Waals surface area contributed by atoms with Gasteiger partial charge in [0.1, 0.15) is 23.0 Å². The molecule has 0 aliphatic heterocycles. The number of halogens is 8. The van der Waals surface area contributed by atoms with Crippen LogP contribution in [0.1, 0.15) is 0 Å². The molecule has 0 N–H and O–H groups in total. The first kappa shape index (κ1) is 27.3. The molecule has 0 bridgehead atoms. The molecule has 0 atom stereocenters. The van der Waals surface area contributed by atoms with Gasteiger partial charge >= 0.3 is 143 Å². The van der Waals surface area contributed by atoms with Crippen LogP contribution in [0.4, 0.5) is 26.3 Å². The van der Waals surface area contributed by atoms with E-state index in [9.17, 15) is 43.2 Å². The Morgan fingerprint density at radius 2 is 1.00 bits per heavy atom. The second-order valence-corrected chi connectivity index (χ2v) is 13.8. The molecule has 2 aromatic rings. The summed E-state index contributed by atoms with van der Waals surface area (Å²) in [5, 5.41) is 0. The van der Waals surface area contributed by atoms with Gasteiger partial charge in [0.05, 0.1) is 0 Å². The fourth-order valence-corrected chi connectivity index (χ4v) is 8.61. The Balaban J connectivity index is 0.000000424. The Labute approximate surface area is 189 Å². The summed E-state index contributed by atoms with van der Waals surface area (Å²) < 4.78 is 122. The van der Waals surface area contributed by atoms with Crippen molar-refractivity contribution < 1.29 is 48.2 Å². The maximum Gasteiger partial charge on any atom is 0.523 e. The van der Waals surface area contributed by atoms with Crippen molar-refractivity contribution in [3.05, 3.63) is 67.8 Å². The van der Waals surface area contributed by atoms with Crippen LogP contribution in [-0.2, 0) is 25.3 Å². The molecule has 16 heteroatoms. The van der Waals surface area contributed by atoms with Gasteiger partial charge in [0.15, 0.2) is 0 Å². The Morgan fingerprint density at radius 3 is 1.23 bits per heavy atom. The zero-order valence-corrected chi connectivity index (χ0v) is 20.0. The molecule has 0 saturated carbocycles. The Kier molecular flexibility index (Phi) is 9.79. The second-order valence-electron chi connectivity index (χ2n) is 4.77. The SMILES string of the molecule is O=S(=O)(OI(c1ccccc1)c1ccccc1)C(F)(F)F.O=S(=O)(OI)C(F)(F)F. The minimum atomic E-state index is -5.62. The summed E-state index contributed by atoms with van der Waals surface area (Å²) in [4.78, 5) is 0. The Hall–Kier alpha value is -0.700. The molecule has 0 spiro atoms. The van der Waals surface area contributed by atoms with E-state index in [0.29, 0.717) is 30.1 Å². The van der Waals surface area contributed by atoms with Crippen LogP contribution in [0.2, 0.25) is 0 Å². The predicted octanol–water partition coefficient (Wildman–Crippen LogP) is 5.22. The largest absolute Gasteiger partial charge is 0.523 e. The summed E-state index contributed by atoms with van der Waals surface area (Å²) in [6, 6.07) is 16.2. The van der Waals surface area contributed by atoms with Crippen LogP contribution in [0.3, 0.4) is 0 Å². The van der Waals surface area contributed by atoms with Crippen LogP contribution < -0.4 is 0 Å². The minimum Gasteiger partial charge on any atom is -0.192 e. The maximum absolute atomic E-state index is 12.5. The molecule has 0 radical (unpaired) electrons. The van der Waals surface area contributed by atoms with E-state index in [4.69, 9.17) is 0 Å². The molecule has 30 heavy (non-hydrogen) atoms. The van der Waals surface area contributed by atoms with Crippen molar-refractivity contribution in [3.63, 3.8) is 0 Å². The van der Waals surface area contributed by atoms with Gasteiger partial charge in [-0.15, -0.1) is 0 Å². The van der Waals surface area contributed by atoms with E-state index in [-0.39, 0.29) is 0 Å². The predicted molar refractivity (Wildman–Crippen MR) is 110 cm³/mol. The van der Waals surface area contributed by atoms with E-state index in [2.05, 4.69) is 5.03 Å². The second kappa shape index (κ2) is 10.7. The zero-order valence-electron chi connectivity index (χ0n) is 14.1. The van der Waals surface area contributed by atoms with Gasteiger partial charge in [-0.05, 0) is 0 Å². The van der Waals surface area contributed by atoms with E-state index in [1.807, 2.05) is 0 Å². The molecule has 2 rings (SSSR count). The summed E-state index contributed by atoms with van der Waals surface area (Å²) in [6.07, 6.45) is 0. The molecule has 0 heterocycles. The van der Waals surface area contributed by atoms with Crippen LogP contribution in [0, 0.1) is 7.14 Å². The molecule has 0 amide bonds. The standard InChI is InChI=1S/C13H10F3IO3S.CF3IO3S/c14-13(15,16)21(18,19)20-17(11-7-3-1-4-8-11)12-9-5-2-6-10-12;2-1(3,4)9(6,7)8-5/h1-10H;. The van der Waals surface area contributed by atoms with Crippen molar-refractivity contribution in [3.8, 4) is 0 Å². The van der Waals surface area contributed by atoms with E-state index >= 15 is 0 Å². The normalized spacial score (nSPS) is 13.2. The molecule has 0 aliphatic carbocycles. The van der Waals surface area contributed by atoms with Crippen LogP contribution in [0.5, 0.6) is 0 Å². The van der Waals surface area contributed by atoms with Gasteiger partial charge in [-0.2, -0.15) is 24.1 Å². The van der Waals surface area contributed by atoms with Crippen molar-refractivity contribution in [1.82, 2.24) is 0 Å². The van der Waals surface area contributed by atoms with Gasteiger partial charge in [0, 0.05) is 0 Å². The monoisotopic (exact) mass is 706 g/mol. The van der Waals surface area contributed by atoms with Gasteiger partial charge in [-0.1, -0.05) is 0 Å². The molecule has 170 valence electrons. The molecule has 0 unspecified atom stereocenters. The van der Waals surface area contributed by atoms with Crippen molar-refractivity contribution in [2.75, 3.05) is 0 Å². The van der Waals surface area contributed by atoms with Crippen LogP contribution in [0.25, 0.3) is 0 Å².